The van der Waals surface area contributed by atoms with Crippen molar-refractivity contribution in [3.05, 3.63) is 60.2 Å². The molecule has 0 atom stereocenters. The summed E-state index contributed by atoms with van der Waals surface area (Å²) < 4.78 is 5.41. The maximum Gasteiger partial charge on any atom is 0.191 e. The van der Waals surface area contributed by atoms with E-state index in [2.05, 4.69) is 69.1 Å². The van der Waals surface area contributed by atoms with Crippen LogP contribution in [0.15, 0.2) is 64.5 Å². The Morgan fingerprint density at radius 3 is 2.43 bits per heavy atom. The van der Waals surface area contributed by atoms with Crippen molar-refractivity contribution in [1.82, 2.24) is 10.6 Å². The summed E-state index contributed by atoms with van der Waals surface area (Å²) in [6.45, 7) is 5.19. The number of anilines is 1. The van der Waals surface area contributed by atoms with E-state index >= 15 is 0 Å². The first-order valence-electron chi connectivity index (χ1n) is 9.39. The summed E-state index contributed by atoms with van der Waals surface area (Å²) in [5.74, 6) is 1.83. The Balaban J connectivity index is 0.00000280. The van der Waals surface area contributed by atoms with Crippen LogP contribution in [0, 0.1) is 0 Å². The van der Waals surface area contributed by atoms with Crippen molar-refractivity contribution in [3.8, 4) is 0 Å². The summed E-state index contributed by atoms with van der Waals surface area (Å²) >= 11 is 1.84. The molecular weight excluding hydrogens is 483 g/mol. The van der Waals surface area contributed by atoms with Crippen molar-refractivity contribution in [1.29, 1.82) is 0 Å². The SMILES string of the molecule is CN=C(NCCSc1ccccc1)NCc1ccc(N2CCOCC2)cc1.I. The van der Waals surface area contributed by atoms with Gasteiger partial charge in [0.15, 0.2) is 5.96 Å². The van der Waals surface area contributed by atoms with Crippen LogP contribution < -0.4 is 15.5 Å². The molecule has 1 fully saturated rings. The Morgan fingerprint density at radius 2 is 1.75 bits per heavy atom. The van der Waals surface area contributed by atoms with Crippen LogP contribution in [-0.2, 0) is 11.3 Å². The molecule has 0 aromatic heterocycles. The Bertz CT molecular complexity index is 706. The minimum Gasteiger partial charge on any atom is -0.378 e. The van der Waals surface area contributed by atoms with Gasteiger partial charge in [0.2, 0.25) is 0 Å². The van der Waals surface area contributed by atoms with E-state index in [1.165, 1.54) is 16.1 Å². The number of benzene rings is 2. The van der Waals surface area contributed by atoms with E-state index in [0.29, 0.717) is 0 Å². The third kappa shape index (κ3) is 7.52. The molecule has 2 aromatic rings. The van der Waals surface area contributed by atoms with Gasteiger partial charge in [-0.2, -0.15) is 0 Å². The van der Waals surface area contributed by atoms with Gasteiger partial charge in [0.25, 0.3) is 0 Å². The number of rotatable bonds is 7. The van der Waals surface area contributed by atoms with Crippen LogP contribution in [0.25, 0.3) is 0 Å². The maximum absolute atomic E-state index is 5.41. The second kappa shape index (κ2) is 12.9. The van der Waals surface area contributed by atoms with Crippen molar-refractivity contribution < 1.29 is 4.74 Å². The minimum atomic E-state index is 0. The third-order valence-electron chi connectivity index (χ3n) is 4.40. The second-order valence-electron chi connectivity index (χ2n) is 6.28. The smallest absolute Gasteiger partial charge is 0.191 e. The van der Waals surface area contributed by atoms with Crippen molar-refractivity contribution in [2.24, 2.45) is 4.99 Å². The van der Waals surface area contributed by atoms with E-state index in [1.54, 1.807) is 7.05 Å². The van der Waals surface area contributed by atoms with Crippen LogP contribution in [0.5, 0.6) is 0 Å². The zero-order valence-electron chi connectivity index (χ0n) is 16.3. The molecule has 0 aliphatic carbocycles. The molecule has 1 aliphatic heterocycles. The first-order chi connectivity index (χ1) is 13.3. The molecule has 0 bridgehead atoms. The number of nitrogens with one attached hydrogen (secondary N) is 2. The lowest BCUT2D eigenvalue weighted by Crippen LogP contribution is -2.38. The average molecular weight is 512 g/mol. The Hall–Kier alpha value is -1.45. The summed E-state index contributed by atoms with van der Waals surface area (Å²) in [6.07, 6.45) is 0. The molecule has 2 N–H and O–H groups in total. The van der Waals surface area contributed by atoms with E-state index in [0.717, 1.165) is 51.1 Å². The molecule has 2 aromatic carbocycles. The lowest BCUT2D eigenvalue weighted by Gasteiger charge is -2.28. The van der Waals surface area contributed by atoms with E-state index < -0.39 is 0 Å². The van der Waals surface area contributed by atoms with Gasteiger partial charge in [-0.05, 0) is 29.8 Å². The first-order valence-corrected chi connectivity index (χ1v) is 10.4. The van der Waals surface area contributed by atoms with Crippen molar-refractivity contribution in [3.63, 3.8) is 0 Å². The number of thioether (sulfide) groups is 1. The van der Waals surface area contributed by atoms with Crippen LogP contribution in [0.2, 0.25) is 0 Å². The summed E-state index contributed by atoms with van der Waals surface area (Å²) in [5, 5.41) is 6.75. The van der Waals surface area contributed by atoms with Crippen LogP contribution in [0.3, 0.4) is 0 Å². The standard InChI is InChI=1S/C21H28N4OS.HI/c1-22-21(23-11-16-27-20-5-3-2-4-6-20)24-17-18-7-9-19(10-8-18)25-12-14-26-15-13-25;/h2-10H,11-17H2,1H3,(H2,22,23,24);1H. The van der Waals surface area contributed by atoms with Gasteiger partial charge < -0.3 is 20.3 Å². The van der Waals surface area contributed by atoms with Gasteiger partial charge >= 0.3 is 0 Å². The summed E-state index contributed by atoms with van der Waals surface area (Å²) in [4.78, 5) is 7.96. The van der Waals surface area contributed by atoms with Gasteiger partial charge in [-0.15, -0.1) is 35.7 Å². The highest BCUT2D eigenvalue weighted by Gasteiger charge is 2.10. The number of guanidine groups is 1. The van der Waals surface area contributed by atoms with Gasteiger partial charge in [0.05, 0.1) is 13.2 Å². The molecule has 1 saturated heterocycles. The predicted octanol–water partition coefficient (Wildman–Crippen LogP) is 3.60. The molecule has 1 aliphatic rings. The summed E-state index contributed by atoms with van der Waals surface area (Å²) in [5.41, 5.74) is 2.51. The number of ether oxygens (including phenoxy) is 1. The van der Waals surface area contributed by atoms with Crippen molar-refractivity contribution in [2.45, 2.75) is 11.4 Å². The molecule has 0 saturated carbocycles. The third-order valence-corrected chi connectivity index (χ3v) is 5.42. The highest BCUT2D eigenvalue weighted by atomic mass is 127. The first kappa shape index (κ1) is 22.8. The molecule has 0 spiro atoms. The molecule has 0 amide bonds. The fraction of sp³-hybridized carbons (Fsp3) is 0.381. The zero-order chi connectivity index (χ0) is 18.7. The summed E-state index contributed by atoms with van der Waals surface area (Å²) in [7, 11) is 1.81. The quantitative estimate of drug-likeness (QED) is 0.195. The topological polar surface area (TPSA) is 48.9 Å². The lowest BCUT2D eigenvalue weighted by atomic mass is 10.2. The predicted molar refractivity (Wildman–Crippen MR) is 130 cm³/mol. The molecule has 3 rings (SSSR count). The second-order valence-corrected chi connectivity index (χ2v) is 7.45. The van der Waals surface area contributed by atoms with Crippen molar-refractivity contribution in [2.75, 3.05) is 50.5 Å². The molecule has 152 valence electrons. The zero-order valence-corrected chi connectivity index (χ0v) is 19.4. The highest BCUT2D eigenvalue weighted by molar-refractivity contribution is 14.0. The fourth-order valence-corrected chi connectivity index (χ4v) is 3.70. The monoisotopic (exact) mass is 512 g/mol. The van der Waals surface area contributed by atoms with Gasteiger partial charge in [-0.25, -0.2) is 0 Å². The molecule has 1 heterocycles. The van der Waals surface area contributed by atoms with Crippen LogP contribution in [0.4, 0.5) is 5.69 Å². The normalized spacial score (nSPS) is 14.3. The van der Waals surface area contributed by atoms with Crippen molar-refractivity contribution >= 4 is 47.4 Å². The minimum absolute atomic E-state index is 0. The van der Waals surface area contributed by atoms with Gasteiger partial charge in [-0.1, -0.05) is 30.3 Å². The van der Waals surface area contributed by atoms with E-state index in [9.17, 15) is 0 Å². The number of halogens is 1. The van der Waals surface area contributed by atoms with Crippen LogP contribution in [0.1, 0.15) is 5.56 Å². The largest absolute Gasteiger partial charge is 0.378 e. The highest BCUT2D eigenvalue weighted by Crippen LogP contribution is 2.17. The molecular formula is C21H29IN4OS. The Labute approximate surface area is 189 Å². The molecule has 28 heavy (non-hydrogen) atoms. The van der Waals surface area contributed by atoms with E-state index in [-0.39, 0.29) is 24.0 Å². The number of nitrogens with zero attached hydrogens (tertiary/aromatic N) is 2. The van der Waals surface area contributed by atoms with E-state index in [4.69, 9.17) is 4.74 Å². The average Bonchev–Trinajstić information content (AvgIpc) is 2.75. The Kier molecular flexibility index (Phi) is 10.5. The molecule has 0 radical (unpaired) electrons. The van der Waals surface area contributed by atoms with Crippen LogP contribution in [-0.4, -0.2) is 51.6 Å². The van der Waals surface area contributed by atoms with Gasteiger partial charge in [-0.3, -0.25) is 4.99 Å². The molecule has 5 nitrogen and oxygen atoms in total. The molecule has 7 heteroatoms. The number of morpholine rings is 1. The fourth-order valence-electron chi connectivity index (χ4n) is 2.91. The maximum atomic E-state index is 5.41. The number of aliphatic imine (C=N–C) groups is 1. The summed E-state index contributed by atoms with van der Waals surface area (Å²) in [6, 6.07) is 19.2. The number of hydrogen-bond donors (Lipinski definition) is 2. The van der Waals surface area contributed by atoms with Gasteiger partial charge in [0, 0.05) is 49.6 Å². The van der Waals surface area contributed by atoms with E-state index in [1.807, 2.05) is 17.8 Å². The Morgan fingerprint density at radius 1 is 1.04 bits per heavy atom. The lowest BCUT2D eigenvalue weighted by molar-refractivity contribution is 0.122. The van der Waals surface area contributed by atoms with Gasteiger partial charge in [0.1, 0.15) is 0 Å². The van der Waals surface area contributed by atoms with Crippen LogP contribution >= 0.6 is 35.7 Å². The molecule has 0 unspecified atom stereocenters. The number of hydrogen-bond acceptors (Lipinski definition) is 4.